The second-order valence-corrected chi connectivity index (χ2v) is 6.20. The highest BCUT2D eigenvalue weighted by Gasteiger charge is 2.03. The minimum absolute atomic E-state index is 0.0760. The van der Waals surface area contributed by atoms with E-state index in [1.807, 2.05) is 0 Å². The van der Waals surface area contributed by atoms with Gasteiger partial charge in [0.25, 0.3) is 0 Å². The molecule has 0 fully saturated rings. The summed E-state index contributed by atoms with van der Waals surface area (Å²) in [6.07, 6.45) is 18.2. The fourth-order valence-electron chi connectivity index (χ4n) is 2.68. The molecule has 0 aromatic carbocycles. The van der Waals surface area contributed by atoms with E-state index in [0.29, 0.717) is 6.61 Å². The highest BCUT2D eigenvalue weighted by Crippen LogP contribution is 2.14. The van der Waals surface area contributed by atoms with Crippen molar-refractivity contribution in [2.75, 3.05) is 6.61 Å². The van der Waals surface area contributed by atoms with Crippen LogP contribution in [0.3, 0.4) is 0 Å². The van der Waals surface area contributed by atoms with Crippen molar-refractivity contribution in [3.8, 4) is 0 Å². The molecule has 0 aromatic rings. The molecule has 0 heterocycles. The molecule has 0 aromatic heterocycles. The van der Waals surface area contributed by atoms with Crippen LogP contribution in [0.4, 0.5) is 0 Å². The topological polar surface area (TPSA) is 40.5 Å². The molecule has 0 spiro atoms. The molecular formula is C18H38O2. The smallest absolute Gasteiger partial charge is 0.0540 e. The van der Waals surface area contributed by atoms with Crippen molar-refractivity contribution in [3.05, 3.63) is 0 Å². The Morgan fingerprint density at radius 1 is 0.600 bits per heavy atom. The first kappa shape index (κ1) is 19.9. The van der Waals surface area contributed by atoms with Gasteiger partial charge in [-0.05, 0) is 19.3 Å². The molecule has 0 radical (unpaired) electrons. The lowest BCUT2D eigenvalue weighted by Crippen LogP contribution is -2.05. The summed E-state index contributed by atoms with van der Waals surface area (Å²) in [5.74, 6) is 0. The number of unbranched alkanes of at least 4 members (excludes halogenated alkanes) is 11. The molecule has 122 valence electrons. The highest BCUT2D eigenvalue weighted by atomic mass is 16.3. The predicted molar refractivity (Wildman–Crippen MR) is 88.0 cm³/mol. The third kappa shape index (κ3) is 16.0. The van der Waals surface area contributed by atoms with Crippen molar-refractivity contribution in [1.82, 2.24) is 0 Å². The summed E-state index contributed by atoms with van der Waals surface area (Å²) in [6, 6.07) is 0. The lowest BCUT2D eigenvalue weighted by Gasteiger charge is -2.10. The van der Waals surface area contributed by atoms with Gasteiger partial charge in [-0.25, -0.2) is 0 Å². The van der Waals surface area contributed by atoms with Crippen molar-refractivity contribution in [3.63, 3.8) is 0 Å². The van der Waals surface area contributed by atoms with E-state index in [1.54, 1.807) is 0 Å². The molecule has 1 atom stereocenters. The molecule has 0 aliphatic heterocycles. The van der Waals surface area contributed by atoms with Crippen molar-refractivity contribution < 1.29 is 10.2 Å². The van der Waals surface area contributed by atoms with E-state index in [0.717, 1.165) is 32.1 Å². The van der Waals surface area contributed by atoms with E-state index in [2.05, 4.69) is 6.92 Å². The Kier molecular flexibility index (Phi) is 16.9. The SMILES string of the molecule is CCCCCCCCCCC(O)CCCCCCCO. The first-order valence-corrected chi connectivity index (χ1v) is 9.10. The third-order valence-corrected chi connectivity index (χ3v) is 4.09. The second kappa shape index (κ2) is 17.0. The lowest BCUT2D eigenvalue weighted by atomic mass is 10.0. The van der Waals surface area contributed by atoms with Crippen LogP contribution in [0, 0.1) is 0 Å². The molecule has 0 amide bonds. The summed E-state index contributed by atoms with van der Waals surface area (Å²) in [4.78, 5) is 0. The van der Waals surface area contributed by atoms with Gasteiger partial charge in [-0.1, -0.05) is 84.0 Å². The van der Waals surface area contributed by atoms with E-state index in [1.165, 1.54) is 64.2 Å². The largest absolute Gasteiger partial charge is 0.396 e. The van der Waals surface area contributed by atoms with Gasteiger partial charge in [0.2, 0.25) is 0 Å². The molecule has 0 aliphatic carbocycles. The van der Waals surface area contributed by atoms with Gasteiger partial charge >= 0.3 is 0 Å². The van der Waals surface area contributed by atoms with Crippen molar-refractivity contribution in [2.24, 2.45) is 0 Å². The van der Waals surface area contributed by atoms with Gasteiger partial charge in [0.1, 0.15) is 0 Å². The molecule has 0 aliphatic rings. The van der Waals surface area contributed by atoms with Gasteiger partial charge < -0.3 is 10.2 Å². The number of hydrogen-bond acceptors (Lipinski definition) is 2. The van der Waals surface area contributed by atoms with Crippen LogP contribution in [0.15, 0.2) is 0 Å². The molecule has 0 saturated heterocycles. The minimum atomic E-state index is -0.0760. The maximum Gasteiger partial charge on any atom is 0.0540 e. The Morgan fingerprint density at radius 3 is 1.45 bits per heavy atom. The fraction of sp³-hybridized carbons (Fsp3) is 1.00. The van der Waals surface area contributed by atoms with E-state index in [4.69, 9.17) is 5.11 Å². The van der Waals surface area contributed by atoms with Crippen LogP contribution in [0.5, 0.6) is 0 Å². The average Bonchev–Trinajstić information content (AvgIpc) is 2.45. The average molecular weight is 286 g/mol. The minimum Gasteiger partial charge on any atom is -0.396 e. The monoisotopic (exact) mass is 286 g/mol. The van der Waals surface area contributed by atoms with E-state index in [9.17, 15) is 5.11 Å². The van der Waals surface area contributed by atoms with E-state index in [-0.39, 0.29) is 6.10 Å². The van der Waals surface area contributed by atoms with E-state index < -0.39 is 0 Å². The summed E-state index contributed by atoms with van der Waals surface area (Å²) in [5.41, 5.74) is 0. The van der Waals surface area contributed by atoms with Crippen molar-refractivity contribution >= 4 is 0 Å². The molecule has 20 heavy (non-hydrogen) atoms. The number of hydrogen-bond donors (Lipinski definition) is 2. The van der Waals surface area contributed by atoms with Gasteiger partial charge in [0.05, 0.1) is 6.10 Å². The Hall–Kier alpha value is -0.0800. The van der Waals surface area contributed by atoms with Crippen molar-refractivity contribution in [2.45, 2.75) is 109 Å². The molecular weight excluding hydrogens is 248 g/mol. The molecule has 2 heteroatoms. The van der Waals surface area contributed by atoms with E-state index >= 15 is 0 Å². The van der Waals surface area contributed by atoms with Crippen LogP contribution in [0.2, 0.25) is 0 Å². The van der Waals surface area contributed by atoms with Crippen LogP contribution in [0.1, 0.15) is 103 Å². The van der Waals surface area contributed by atoms with Crippen molar-refractivity contribution in [1.29, 1.82) is 0 Å². The van der Waals surface area contributed by atoms with Gasteiger partial charge in [-0.15, -0.1) is 0 Å². The summed E-state index contributed by atoms with van der Waals surface area (Å²) in [5, 5.41) is 18.6. The van der Waals surface area contributed by atoms with Gasteiger partial charge in [-0.2, -0.15) is 0 Å². The predicted octanol–water partition coefficient (Wildman–Crippen LogP) is 5.21. The van der Waals surface area contributed by atoms with Crippen LogP contribution in [-0.2, 0) is 0 Å². The highest BCUT2D eigenvalue weighted by molar-refractivity contribution is 4.57. The summed E-state index contributed by atoms with van der Waals surface area (Å²) >= 11 is 0. The number of aliphatic hydroxyl groups is 2. The summed E-state index contributed by atoms with van der Waals surface area (Å²) < 4.78 is 0. The molecule has 0 bridgehead atoms. The van der Waals surface area contributed by atoms with Crippen LogP contribution >= 0.6 is 0 Å². The lowest BCUT2D eigenvalue weighted by molar-refractivity contribution is 0.147. The Balaban J connectivity index is 3.10. The summed E-state index contributed by atoms with van der Waals surface area (Å²) in [7, 11) is 0. The number of rotatable bonds is 16. The third-order valence-electron chi connectivity index (χ3n) is 4.09. The number of aliphatic hydroxyl groups excluding tert-OH is 2. The Morgan fingerprint density at radius 2 is 1.00 bits per heavy atom. The maximum absolute atomic E-state index is 9.88. The summed E-state index contributed by atoms with van der Waals surface area (Å²) in [6.45, 7) is 2.58. The molecule has 0 rings (SSSR count). The maximum atomic E-state index is 9.88. The van der Waals surface area contributed by atoms with Crippen LogP contribution in [0.25, 0.3) is 0 Å². The molecule has 2 N–H and O–H groups in total. The Bertz CT molecular complexity index is 171. The van der Waals surface area contributed by atoms with Gasteiger partial charge in [0.15, 0.2) is 0 Å². The van der Waals surface area contributed by atoms with Gasteiger partial charge in [-0.3, -0.25) is 0 Å². The van der Waals surface area contributed by atoms with Crippen LogP contribution < -0.4 is 0 Å². The Labute approximate surface area is 127 Å². The molecule has 0 saturated carbocycles. The zero-order valence-corrected chi connectivity index (χ0v) is 13.8. The first-order valence-electron chi connectivity index (χ1n) is 9.10. The van der Waals surface area contributed by atoms with Crippen LogP contribution in [-0.4, -0.2) is 22.9 Å². The zero-order chi connectivity index (χ0) is 14.9. The first-order chi connectivity index (χ1) is 9.81. The molecule has 2 nitrogen and oxygen atoms in total. The zero-order valence-electron chi connectivity index (χ0n) is 13.8. The fourth-order valence-corrected chi connectivity index (χ4v) is 2.68. The standard InChI is InChI=1S/C18H38O2/c1-2-3-4-5-6-7-9-12-15-18(20)16-13-10-8-11-14-17-19/h18-20H,2-17H2,1H3. The molecule has 1 unspecified atom stereocenters. The normalized spacial score (nSPS) is 12.8. The van der Waals surface area contributed by atoms with Gasteiger partial charge in [0, 0.05) is 6.61 Å². The quantitative estimate of drug-likeness (QED) is 0.382. The second-order valence-electron chi connectivity index (χ2n) is 6.20.